The van der Waals surface area contributed by atoms with Crippen LogP contribution in [0.4, 0.5) is 8.78 Å². The summed E-state index contributed by atoms with van der Waals surface area (Å²) in [5, 5.41) is 6.66. The Balaban J connectivity index is 1.72. The summed E-state index contributed by atoms with van der Waals surface area (Å²) in [6.07, 6.45) is 5.62. The van der Waals surface area contributed by atoms with Crippen LogP contribution in [0.1, 0.15) is 16.2 Å². The van der Waals surface area contributed by atoms with Gasteiger partial charge < -0.3 is 5.32 Å². The van der Waals surface area contributed by atoms with E-state index in [-0.39, 0.29) is 17.9 Å². The minimum absolute atomic E-state index is 0.0957. The molecule has 3 aromatic rings. The molecule has 0 bridgehead atoms. The Hall–Kier alpha value is -3.16. The molecule has 0 atom stereocenters. The number of halogens is 2. The molecule has 1 N–H and O–H groups in total. The first-order valence-corrected chi connectivity index (χ1v) is 6.68. The number of hydrogen-bond acceptors (Lipinski definition) is 4. The number of rotatable bonds is 4. The molecular formula is C15H11F2N5O. The molecule has 0 radical (unpaired) electrons. The lowest BCUT2D eigenvalue weighted by atomic mass is 10.3. The summed E-state index contributed by atoms with van der Waals surface area (Å²) >= 11 is 0. The van der Waals surface area contributed by atoms with Gasteiger partial charge in [-0.25, -0.2) is 18.4 Å². The number of nitrogens with zero attached hydrogens (tertiary/aromatic N) is 4. The zero-order chi connectivity index (χ0) is 16.2. The van der Waals surface area contributed by atoms with Crippen LogP contribution in [0.3, 0.4) is 0 Å². The van der Waals surface area contributed by atoms with Crippen LogP contribution in [0.2, 0.25) is 0 Å². The zero-order valence-electron chi connectivity index (χ0n) is 11.8. The van der Waals surface area contributed by atoms with Crippen molar-refractivity contribution in [1.29, 1.82) is 0 Å². The van der Waals surface area contributed by atoms with Crippen LogP contribution < -0.4 is 5.32 Å². The van der Waals surface area contributed by atoms with Gasteiger partial charge in [0.2, 0.25) is 0 Å². The molecule has 0 fully saturated rings. The lowest BCUT2D eigenvalue weighted by molar-refractivity contribution is 0.0945. The van der Waals surface area contributed by atoms with E-state index in [2.05, 4.69) is 20.4 Å². The molecule has 0 unspecified atom stereocenters. The highest BCUT2D eigenvalue weighted by Gasteiger charge is 2.13. The van der Waals surface area contributed by atoms with Gasteiger partial charge in [-0.05, 0) is 18.2 Å². The molecule has 23 heavy (non-hydrogen) atoms. The molecular weight excluding hydrogens is 304 g/mol. The lowest BCUT2D eigenvalue weighted by Crippen LogP contribution is -2.24. The highest BCUT2D eigenvalue weighted by Crippen LogP contribution is 2.16. The van der Waals surface area contributed by atoms with Crippen LogP contribution in [-0.2, 0) is 6.54 Å². The normalized spacial score (nSPS) is 10.5. The Morgan fingerprint density at radius 2 is 1.96 bits per heavy atom. The minimum atomic E-state index is -0.719. The Labute approximate surface area is 129 Å². The van der Waals surface area contributed by atoms with E-state index in [9.17, 15) is 13.6 Å². The summed E-state index contributed by atoms with van der Waals surface area (Å²) < 4.78 is 28.5. The van der Waals surface area contributed by atoms with Crippen molar-refractivity contribution in [3.8, 4) is 5.69 Å². The Kier molecular flexibility index (Phi) is 4.05. The number of carbonyl (C=O) groups is 1. The molecule has 1 amide bonds. The van der Waals surface area contributed by atoms with Gasteiger partial charge in [0.1, 0.15) is 11.4 Å². The number of nitrogens with one attached hydrogen (secondary N) is 1. The maximum atomic E-state index is 13.7. The molecule has 0 aliphatic rings. The van der Waals surface area contributed by atoms with Crippen LogP contribution >= 0.6 is 0 Å². The average Bonchev–Trinajstić information content (AvgIpc) is 3.02. The quantitative estimate of drug-likeness (QED) is 0.798. The second-order valence-corrected chi connectivity index (χ2v) is 4.60. The van der Waals surface area contributed by atoms with E-state index in [4.69, 9.17) is 0 Å². The maximum Gasteiger partial charge on any atom is 0.271 e. The van der Waals surface area contributed by atoms with Gasteiger partial charge >= 0.3 is 0 Å². The topological polar surface area (TPSA) is 72.7 Å². The molecule has 6 nitrogen and oxygen atoms in total. The lowest BCUT2D eigenvalue weighted by Gasteiger charge is -2.05. The van der Waals surface area contributed by atoms with Gasteiger partial charge in [0.05, 0.1) is 18.4 Å². The second kappa shape index (κ2) is 6.30. The van der Waals surface area contributed by atoms with Crippen LogP contribution in [0.5, 0.6) is 0 Å². The molecule has 0 saturated heterocycles. The third kappa shape index (κ3) is 3.20. The van der Waals surface area contributed by atoms with Crippen molar-refractivity contribution in [3.63, 3.8) is 0 Å². The third-order valence-corrected chi connectivity index (χ3v) is 3.04. The summed E-state index contributed by atoms with van der Waals surface area (Å²) in [4.78, 5) is 19.5. The van der Waals surface area contributed by atoms with E-state index in [0.29, 0.717) is 5.69 Å². The fourth-order valence-corrected chi connectivity index (χ4v) is 1.97. The Bertz CT molecular complexity index is 815. The Morgan fingerprint density at radius 1 is 1.17 bits per heavy atom. The van der Waals surface area contributed by atoms with Gasteiger partial charge in [-0.15, -0.1) is 0 Å². The van der Waals surface area contributed by atoms with Gasteiger partial charge in [-0.2, -0.15) is 5.10 Å². The van der Waals surface area contributed by atoms with E-state index >= 15 is 0 Å². The van der Waals surface area contributed by atoms with Crippen molar-refractivity contribution in [1.82, 2.24) is 25.1 Å². The standard InChI is InChI=1S/C15H11F2N5O/c16-11-2-1-3-12(17)14(11)22-7-4-10(21-22)8-20-15(23)13-9-18-5-6-19-13/h1-7,9H,8H2,(H,20,23). The molecule has 0 aliphatic carbocycles. The van der Waals surface area contributed by atoms with Crippen molar-refractivity contribution >= 4 is 5.91 Å². The molecule has 2 aromatic heterocycles. The smallest absolute Gasteiger partial charge is 0.271 e. The van der Waals surface area contributed by atoms with E-state index in [1.165, 1.54) is 30.9 Å². The predicted octanol–water partition coefficient (Wildman–Crippen LogP) is 1.87. The van der Waals surface area contributed by atoms with Crippen LogP contribution in [0, 0.1) is 11.6 Å². The molecule has 1 aromatic carbocycles. The first-order valence-electron chi connectivity index (χ1n) is 6.68. The summed E-state index contributed by atoms with van der Waals surface area (Å²) in [6, 6.07) is 5.13. The first kappa shape index (κ1) is 14.8. The molecule has 0 spiro atoms. The van der Waals surface area contributed by atoms with Crippen molar-refractivity contribution in [3.05, 3.63) is 72.1 Å². The highest BCUT2D eigenvalue weighted by molar-refractivity contribution is 5.91. The molecule has 116 valence electrons. The fraction of sp³-hybridized carbons (Fsp3) is 0.0667. The van der Waals surface area contributed by atoms with Crippen LogP contribution in [0.25, 0.3) is 5.69 Å². The monoisotopic (exact) mass is 315 g/mol. The largest absolute Gasteiger partial charge is 0.345 e. The molecule has 3 rings (SSSR count). The van der Waals surface area contributed by atoms with E-state index in [0.717, 1.165) is 16.8 Å². The van der Waals surface area contributed by atoms with E-state index < -0.39 is 17.5 Å². The number of hydrogen-bond donors (Lipinski definition) is 1. The summed E-state index contributed by atoms with van der Waals surface area (Å²) in [6.45, 7) is 0.0957. The number of amides is 1. The molecule has 8 heteroatoms. The third-order valence-electron chi connectivity index (χ3n) is 3.04. The highest BCUT2D eigenvalue weighted by atomic mass is 19.1. The molecule has 0 saturated carbocycles. The maximum absolute atomic E-state index is 13.7. The van der Waals surface area contributed by atoms with Gasteiger partial charge in [-0.1, -0.05) is 6.07 Å². The van der Waals surface area contributed by atoms with Crippen molar-refractivity contribution in [2.75, 3.05) is 0 Å². The van der Waals surface area contributed by atoms with E-state index in [1.807, 2.05) is 0 Å². The zero-order valence-corrected chi connectivity index (χ0v) is 11.8. The summed E-state index contributed by atoms with van der Waals surface area (Å²) in [5.41, 5.74) is 0.357. The predicted molar refractivity (Wildman–Crippen MR) is 76.7 cm³/mol. The van der Waals surface area contributed by atoms with Gasteiger partial charge in [0, 0.05) is 18.6 Å². The SMILES string of the molecule is O=C(NCc1ccn(-c2c(F)cccc2F)n1)c1cnccn1. The van der Waals surface area contributed by atoms with Crippen molar-refractivity contribution < 1.29 is 13.6 Å². The fourth-order valence-electron chi connectivity index (χ4n) is 1.97. The Morgan fingerprint density at radius 3 is 2.65 bits per heavy atom. The van der Waals surface area contributed by atoms with Crippen LogP contribution in [0.15, 0.2) is 49.1 Å². The number of para-hydroxylation sites is 1. The summed E-state index contributed by atoms with van der Waals surface area (Å²) in [5.74, 6) is -1.85. The average molecular weight is 315 g/mol. The second-order valence-electron chi connectivity index (χ2n) is 4.60. The first-order chi connectivity index (χ1) is 11.1. The van der Waals surface area contributed by atoms with E-state index in [1.54, 1.807) is 6.07 Å². The summed E-state index contributed by atoms with van der Waals surface area (Å²) in [7, 11) is 0. The number of carbonyl (C=O) groups excluding carboxylic acids is 1. The van der Waals surface area contributed by atoms with Gasteiger partial charge in [-0.3, -0.25) is 9.78 Å². The van der Waals surface area contributed by atoms with Crippen molar-refractivity contribution in [2.24, 2.45) is 0 Å². The van der Waals surface area contributed by atoms with Crippen LogP contribution in [-0.4, -0.2) is 25.7 Å². The van der Waals surface area contributed by atoms with Gasteiger partial charge in [0.15, 0.2) is 11.6 Å². The van der Waals surface area contributed by atoms with Gasteiger partial charge in [0.25, 0.3) is 5.91 Å². The van der Waals surface area contributed by atoms with Crippen molar-refractivity contribution in [2.45, 2.75) is 6.54 Å². The number of aromatic nitrogens is 4. The molecule has 2 heterocycles. The molecule has 0 aliphatic heterocycles. The number of benzene rings is 1. The minimum Gasteiger partial charge on any atom is -0.345 e.